The summed E-state index contributed by atoms with van der Waals surface area (Å²) in [6.07, 6.45) is 0. The Labute approximate surface area is 140 Å². The van der Waals surface area contributed by atoms with Crippen molar-refractivity contribution in [2.75, 3.05) is 7.05 Å². The molecule has 0 radical (unpaired) electrons. The molecular weight excluding hydrogens is 323 g/mol. The molecule has 0 N–H and O–H groups in total. The van der Waals surface area contributed by atoms with Gasteiger partial charge in [-0.15, -0.1) is 0 Å². The maximum Gasteiger partial charge on any atom is 0.232 e. The lowest BCUT2D eigenvalue weighted by Gasteiger charge is -2.29. The summed E-state index contributed by atoms with van der Waals surface area (Å²) in [6, 6.07) is 7.07. The quantitative estimate of drug-likeness (QED) is 0.836. The first-order valence-electron chi connectivity index (χ1n) is 6.85. The molecule has 0 aliphatic carbocycles. The molecule has 22 heavy (non-hydrogen) atoms. The van der Waals surface area contributed by atoms with Crippen LogP contribution in [-0.4, -0.2) is 23.0 Å². The first-order chi connectivity index (χ1) is 10.2. The molecular formula is C16H18Cl2N2O2. The minimum absolute atomic E-state index is 0.0356. The van der Waals surface area contributed by atoms with E-state index in [0.29, 0.717) is 16.6 Å². The van der Waals surface area contributed by atoms with Crippen LogP contribution in [0.15, 0.2) is 28.8 Å². The smallest absolute Gasteiger partial charge is 0.232 e. The molecule has 0 spiro atoms. The molecule has 0 bridgehead atoms. The molecule has 118 valence electrons. The van der Waals surface area contributed by atoms with Crippen LogP contribution in [0.2, 0.25) is 10.0 Å². The van der Waals surface area contributed by atoms with Crippen molar-refractivity contribution in [3.8, 4) is 0 Å². The Balaban J connectivity index is 2.19. The molecule has 0 saturated carbocycles. The van der Waals surface area contributed by atoms with Crippen LogP contribution in [0.3, 0.4) is 0 Å². The van der Waals surface area contributed by atoms with Gasteiger partial charge >= 0.3 is 0 Å². The maximum absolute atomic E-state index is 12.8. The minimum atomic E-state index is -0.720. The average Bonchev–Trinajstić information content (AvgIpc) is 2.86. The number of carbonyl (C=O) groups excluding carboxylic acids is 1. The Morgan fingerprint density at radius 2 is 1.95 bits per heavy atom. The van der Waals surface area contributed by atoms with Crippen molar-refractivity contribution in [2.45, 2.75) is 32.7 Å². The van der Waals surface area contributed by atoms with Crippen molar-refractivity contribution in [3.63, 3.8) is 0 Å². The summed E-state index contributed by atoms with van der Waals surface area (Å²) in [5, 5.41) is 4.82. The summed E-state index contributed by atoms with van der Waals surface area (Å²) in [6.45, 7) is 5.93. The van der Waals surface area contributed by atoms with Gasteiger partial charge < -0.3 is 9.42 Å². The molecule has 6 heteroatoms. The van der Waals surface area contributed by atoms with Gasteiger partial charge in [0.05, 0.1) is 22.0 Å². The van der Waals surface area contributed by atoms with Crippen LogP contribution in [0, 0.1) is 6.92 Å². The molecule has 2 rings (SSSR count). The molecule has 1 heterocycles. The molecule has 1 aromatic heterocycles. The van der Waals surface area contributed by atoms with E-state index in [-0.39, 0.29) is 5.91 Å². The van der Waals surface area contributed by atoms with E-state index in [9.17, 15) is 4.79 Å². The van der Waals surface area contributed by atoms with Crippen molar-refractivity contribution < 1.29 is 9.32 Å². The van der Waals surface area contributed by atoms with E-state index < -0.39 is 5.41 Å². The number of rotatable bonds is 4. The van der Waals surface area contributed by atoms with Crippen LogP contribution in [0.25, 0.3) is 0 Å². The summed E-state index contributed by atoms with van der Waals surface area (Å²) in [4.78, 5) is 14.4. The van der Waals surface area contributed by atoms with Gasteiger partial charge in [-0.1, -0.05) is 34.4 Å². The zero-order valence-corrected chi connectivity index (χ0v) is 14.5. The third-order valence-corrected chi connectivity index (χ3v) is 4.34. The van der Waals surface area contributed by atoms with Crippen LogP contribution in [0.1, 0.15) is 30.9 Å². The highest BCUT2D eigenvalue weighted by Crippen LogP contribution is 2.31. The molecule has 1 aromatic carbocycles. The summed E-state index contributed by atoms with van der Waals surface area (Å²) in [5.41, 5.74) is 0.815. The largest absolute Gasteiger partial charge is 0.361 e. The number of amides is 1. The van der Waals surface area contributed by atoms with Crippen molar-refractivity contribution in [3.05, 3.63) is 51.3 Å². The fraction of sp³-hybridized carbons (Fsp3) is 0.375. The molecule has 0 unspecified atom stereocenters. The lowest BCUT2D eigenvalue weighted by Crippen LogP contribution is -2.41. The number of nitrogens with zero attached hydrogens (tertiary/aromatic N) is 2. The predicted octanol–water partition coefficient (Wildman–Crippen LogP) is 4.23. The van der Waals surface area contributed by atoms with Gasteiger partial charge in [0, 0.05) is 13.1 Å². The molecule has 4 nitrogen and oxygen atoms in total. The average molecular weight is 341 g/mol. The van der Waals surface area contributed by atoms with Crippen LogP contribution in [-0.2, 0) is 16.8 Å². The molecule has 0 aliphatic heterocycles. The van der Waals surface area contributed by atoms with E-state index in [4.69, 9.17) is 27.7 Å². The Morgan fingerprint density at radius 3 is 2.50 bits per heavy atom. The number of halogens is 2. The van der Waals surface area contributed by atoms with Gasteiger partial charge in [0.2, 0.25) is 5.91 Å². The molecule has 0 atom stereocenters. The number of carbonyl (C=O) groups is 1. The van der Waals surface area contributed by atoms with Gasteiger partial charge in [-0.25, -0.2) is 0 Å². The second kappa shape index (κ2) is 6.31. The normalized spacial score (nSPS) is 11.5. The predicted molar refractivity (Wildman–Crippen MR) is 87.2 cm³/mol. The van der Waals surface area contributed by atoms with Gasteiger partial charge in [-0.05, 0) is 38.5 Å². The van der Waals surface area contributed by atoms with E-state index in [1.54, 1.807) is 24.1 Å². The number of likely N-dealkylation sites (N-methyl/N-ethyl adjacent to an activating group) is 1. The molecule has 0 fully saturated rings. The first-order valence-corrected chi connectivity index (χ1v) is 7.60. The second-order valence-corrected chi connectivity index (χ2v) is 6.66. The molecule has 0 aliphatic rings. The zero-order valence-electron chi connectivity index (χ0n) is 13.0. The lowest BCUT2D eigenvalue weighted by atomic mass is 9.83. The van der Waals surface area contributed by atoms with Crippen LogP contribution in [0.4, 0.5) is 0 Å². The summed E-state index contributed by atoms with van der Waals surface area (Å²) < 4.78 is 5.02. The topological polar surface area (TPSA) is 46.3 Å². The highest BCUT2D eigenvalue weighted by molar-refractivity contribution is 6.42. The molecule has 2 aromatic rings. The summed E-state index contributed by atoms with van der Waals surface area (Å²) in [5.74, 6) is 0.686. The number of hydrogen-bond acceptors (Lipinski definition) is 3. The second-order valence-electron chi connectivity index (χ2n) is 5.84. The minimum Gasteiger partial charge on any atom is -0.361 e. The number of hydrogen-bond donors (Lipinski definition) is 0. The number of benzene rings is 1. The van der Waals surface area contributed by atoms with Crippen molar-refractivity contribution in [2.24, 2.45) is 0 Å². The van der Waals surface area contributed by atoms with E-state index >= 15 is 0 Å². The first kappa shape index (κ1) is 16.8. The molecule has 1 amide bonds. The Hall–Kier alpha value is -1.52. The highest BCUT2D eigenvalue weighted by atomic mass is 35.5. The van der Waals surface area contributed by atoms with E-state index in [0.717, 1.165) is 17.0 Å². The maximum atomic E-state index is 12.8. The van der Waals surface area contributed by atoms with Crippen LogP contribution < -0.4 is 0 Å². The van der Waals surface area contributed by atoms with Gasteiger partial charge in [0.25, 0.3) is 0 Å². The number of aryl methyl sites for hydroxylation is 1. The number of aromatic nitrogens is 1. The van der Waals surface area contributed by atoms with Crippen LogP contribution in [0.5, 0.6) is 0 Å². The Kier molecular flexibility index (Phi) is 4.83. The third kappa shape index (κ3) is 3.45. The van der Waals surface area contributed by atoms with Gasteiger partial charge in [0.1, 0.15) is 11.5 Å². The fourth-order valence-electron chi connectivity index (χ4n) is 2.29. The fourth-order valence-corrected chi connectivity index (χ4v) is 2.59. The van der Waals surface area contributed by atoms with E-state index in [2.05, 4.69) is 5.16 Å². The monoisotopic (exact) mass is 340 g/mol. The molecule has 0 saturated heterocycles. The zero-order chi connectivity index (χ0) is 16.5. The van der Waals surface area contributed by atoms with E-state index in [1.807, 2.05) is 32.9 Å². The summed E-state index contributed by atoms with van der Waals surface area (Å²) in [7, 11) is 1.74. The Morgan fingerprint density at radius 1 is 1.27 bits per heavy atom. The summed E-state index contributed by atoms with van der Waals surface area (Å²) >= 11 is 12.0. The van der Waals surface area contributed by atoms with Crippen molar-refractivity contribution >= 4 is 29.1 Å². The van der Waals surface area contributed by atoms with Crippen molar-refractivity contribution in [1.82, 2.24) is 10.1 Å². The standard InChI is InChI=1S/C16H18Cl2N2O2/c1-10-7-12(19-22-10)9-20(4)15(21)16(2,3)11-5-6-13(17)14(18)8-11/h5-8H,9H2,1-4H3. The van der Waals surface area contributed by atoms with Gasteiger partial charge in [-0.3, -0.25) is 4.79 Å². The van der Waals surface area contributed by atoms with Crippen molar-refractivity contribution in [1.29, 1.82) is 0 Å². The highest BCUT2D eigenvalue weighted by Gasteiger charge is 2.33. The van der Waals surface area contributed by atoms with Gasteiger partial charge in [-0.2, -0.15) is 0 Å². The Bertz CT molecular complexity index is 695. The lowest BCUT2D eigenvalue weighted by molar-refractivity contribution is -0.135. The van der Waals surface area contributed by atoms with E-state index in [1.165, 1.54) is 0 Å². The SMILES string of the molecule is Cc1cc(CN(C)C(=O)C(C)(C)c2ccc(Cl)c(Cl)c2)no1. The van der Waals surface area contributed by atoms with Gasteiger partial charge in [0.15, 0.2) is 0 Å². The third-order valence-electron chi connectivity index (χ3n) is 3.60. The van der Waals surface area contributed by atoms with Crippen LogP contribution >= 0.6 is 23.2 Å².